The molecule has 0 saturated heterocycles. The second-order valence-electron chi connectivity index (χ2n) is 10.2. The Hall–Kier alpha value is -3.87. The summed E-state index contributed by atoms with van der Waals surface area (Å²) in [5, 5.41) is 11.5. The predicted molar refractivity (Wildman–Crippen MR) is 140 cm³/mol. The number of benzene rings is 2. The summed E-state index contributed by atoms with van der Waals surface area (Å²) < 4.78 is 46.8. The number of rotatable bonds is 7. The first kappa shape index (κ1) is 30.4. The number of alkyl halides is 3. The summed E-state index contributed by atoms with van der Waals surface area (Å²) in [6.45, 7) is 18.6. The molecule has 0 aromatic heterocycles. The largest absolute Gasteiger partial charge is 0.412 e. The summed E-state index contributed by atoms with van der Waals surface area (Å²) in [4.78, 5) is 28.6. The molecule has 1 unspecified atom stereocenters. The van der Waals surface area contributed by atoms with Crippen molar-refractivity contribution in [2.75, 3.05) is 5.32 Å². The Morgan fingerprint density at radius 1 is 1.08 bits per heavy atom. The Morgan fingerprint density at radius 3 is 2.18 bits per heavy atom. The fraction of sp³-hybridized carbons (Fsp3) is 0.385. The number of nitriles is 1. The number of carbonyl (C=O) groups excluding carboxylic acids is 2. The third-order valence-electron chi connectivity index (χ3n) is 6.36. The molecule has 38 heavy (non-hydrogen) atoms. The summed E-state index contributed by atoms with van der Waals surface area (Å²) >= 11 is 0. The van der Waals surface area contributed by atoms with Gasteiger partial charge in [-0.1, -0.05) is 26.8 Å². The van der Waals surface area contributed by atoms with Crippen molar-refractivity contribution < 1.29 is 27.2 Å². The van der Waals surface area contributed by atoms with Crippen molar-refractivity contribution in [3.05, 3.63) is 70.6 Å². The molecule has 2 aromatic carbocycles. The van der Waals surface area contributed by atoms with Crippen LogP contribution in [0.1, 0.15) is 49.2 Å². The van der Waals surface area contributed by atoms with Gasteiger partial charge in [-0.2, -0.15) is 18.4 Å². The van der Waals surface area contributed by atoms with Crippen LogP contribution in [0.2, 0.25) is 18.1 Å². The van der Waals surface area contributed by atoms with Crippen LogP contribution in [-0.2, 0) is 15.4 Å². The number of amides is 2. The van der Waals surface area contributed by atoms with Crippen LogP contribution in [0, 0.1) is 17.9 Å². The molecule has 3 N–H and O–H groups in total. The zero-order chi connectivity index (χ0) is 28.9. The fourth-order valence-corrected chi connectivity index (χ4v) is 4.62. The van der Waals surface area contributed by atoms with Gasteiger partial charge in [0.15, 0.2) is 14.0 Å². The van der Waals surface area contributed by atoms with E-state index in [0.29, 0.717) is 5.56 Å². The van der Waals surface area contributed by atoms with Crippen LogP contribution in [0.3, 0.4) is 0 Å². The van der Waals surface area contributed by atoms with Gasteiger partial charge in [-0.15, -0.1) is 0 Å². The van der Waals surface area contributed by atoms with Gasteiger partial charge in [0.1, 0.15) is 6.04 Å². The van der Waals surface area contributed by atoms with Crippen molar-refractivity contribution in [1.29, 1.82) is 5.26 Å². The minimum atomic E-state index is -4.77. The number of hydrogen-bond acceptors (Lipinski definition) is 5. The first-order valence-electron chi connectivity index (χ1n) is 11.6. The van der Waals surface area contributed by atoms with Gasteiger partial charge in [0, 0.05) is 11.3 Å². The van der Waals surface area contributed by atoms with Gasteiger partial charge >= 0.3 is 6.18 Å². The highest BCUT2D eigenvalue weighted by molar-refractivity contribution is 6.74. The lowest BCUT2D eigenvalue weighted by atomic mass is 10.1. The van der Waals surface area contributed by atoms with E-state index in [1.165, 1.54) is 30.3 Å². The van der Waals surface area contributed by atoms with E-state index in [0.717, 1.165) is 12.1 Å². The lowest BCUT2D eigenvalue weighted by Crippen LogP contribution is -2.55. The molecular weight excluding hydrogens is 515 g/mol. The highest BCUT2D eigenvalue weighted by Gasteiger charge is 2.41. The molecule has 0 aliphatic carbocycles. The molecular formula is C26H30F3N5O3Si. The van der Waals surface area contributed by atoms with Crippen LogP contribution in [0.15, 0.2) is 42.5 Å². The van der Waals surface area contributed by atoms with Gasteiger partial charge in [0.05, 0.1) is 29.9 Å². The molecule has 0 radical (unpaired) electrons. The van der Waals surface area contributed by atoms with E-state index in [4.69, 9.17) is 16.3 Å². The molecule has 0 aliphatic heterocycles. The molecule has 2 rings (SSSR count). The number of hydrazine groups is 1. The van der Waals surface area contributed by atoms with E-state index in [2.05, 4.69) is 21.0 Å². The first-order valence-corrected chi connectivity index (χ1v) is 14.5. The molecule has 0 aliphatic rings. The zero-order valence-electron chi connectivity index (χ0n) is 21.9. The number of nitrogens with one attached hydrogen (secondary N) is 3. The normalized spacial score (nSPS) is 13.4. The number of carbonyl (C=O) groups is 2. The molecule has 8 nitrogen and oxygen atoms in total. The van der Waals surface area contributed by atoms with Crippen molar-refractivity contribution >= 4 is 31.5 Å². The van der Waals surface area contributed by atoms with E-state index >= 15 is 0 Å². The second-order valence-corrected chi connectivity index (χ2v) is 14.9. The van der Waals surface area contributed by atoms with E-state index in [-0.39, 0.29) is 16.3 Å². The van der Waals surface area contributed by atoms with E-state index < -0.39 is 49.7 Å². The lowest BCUT2D eigenvalue weighted by Gasteiger charge is -2.40. The van der Waals surface area contributed by atoms with Gasteiger partial charge in [0.25, 0.3) is 11.8 Å². The average Bonchev–Trinajstić information content (AvgIpc) is 2.83. The van der Waals surface area contributed by atoms with Crippen LogP contribution in [-0.4, -0.2) is 32.3 Å². The Kier molecular flexibility index (Phi) is 9.32. The van der Waals surface area contributed by atoms with Crippen LogP contribution in [0.4, 0.5) is 24.5 Å². The maximum absolute atomic E-state index is 13.5. The van der Waals surface area contributed by atoms with Gasteiger partial charge in [0.2, 0.25) is 0 Å². The maximum atomic E-state index is 13.5. The van der Waals surface area contributed by atoms with E-state index in [1.54, 1.807) is 6.92 Å². The number of hydrogen-bond donors (Lipinski definition) is 3. The zero-order valence-corrected chi connectivity index (χ0v) is 22.9. The summed E-state index contributed by atoms with van der Waals surface area (Å²) in [7, 11) is -2.41. The monoisotopic (exact) mass is 545 g/mol. The summed E-state index contributed by atoms with van der Waals surface area (Å²) in [6.07, 6.45) is -5.58. The average molecular weight is 546 g/mol. The molecule has 0 spiro atoms. The highest BCUT2D eigenvalue weighted by atomic mass is 28.4. The van der Waals surface area contributed by atoms with Crippen LogP contribution in [0.25, 0.3) is 4.85 Å². The van der Waals surface area contributed by atoms with Crippen LogP contribution in [0.5, 0.6) is 0 Å². The molecule has 0 saturated carbocycles. The van der Waals surface area contributed by atoms with Gasteiger partial charge in [-0.05, 0) is 61.5 Å². The van der Waals surface area contributed by atoms with Crippen molar-refractivity contribution in [3.8, 4) is 6.07 Å². The predicted octanol–water partition coefficient (Wildman–Crippen LogP) is 5.78. The van der Waals surface area contributed by atoms with Gasteiger partial charge < -0.3 is 9.74 Å². The number of nitrogens with zero attached hydrogens (tertiary/aromatic N) is 2. The van der Waals surface area contributed by atoms with Crippen molar-refractivity contribution in [2.45, 2.75) is 64.1 Å². The minimum Gasteiger partial charge on any atom is -0.412 e. The van der Waals surface area contributed by atoms with E-state index in [9.17, 15) is 22.8 Å². The van der Waals surface area contributed by atoms with Crippen LogP contribution < -0.4 is 16.2 Å². The van der Waals surface area contributed by atoms with Gasteiger partial charge in [-0.25, -0.2) is 4.85 Å². The first-order chi connectivity index (χ1) is 17.5. The fourth-order valence-electron chi connectivity index (χ4n) is 3.20. The molecule has 202 valence electrons. The maximum Gasteiger partial charge on any atom is 0.407 e. The molecule has 0 heterocycles. The standard InChI is InChI=1S/C26H30F3N5O3Si/c1-16(37-38(6,7)25(2,3)4)22(32-19-12-13-21(31-5)20(14-19)26(27,28)29)24(36)34-33-23(35)18-10-8-17(15-30)9-11-18/h8-14,16,22,32H,1-4,6-7H3,(H,33,35)(H,34,36)/t16?,22-/m1/s1. The Balaban J connectivity index is 2.33. The SMILES string of the molecule is [C-]#[N+]c1ccc(N[C@@H](C(=O)NNC(=O)c2ccc(C#N)cc2)C(C)O[Si](C)(C)C(C)(C)C)cc1C(F)(F)F. The Labute approximate surface area is 221 Å². The summed E-state index contributed by atoms with van der Waals surface area (Å²) in [5.41, 5.74) is 3.37. The third kappa shape index (κ3) is 7.57. The minimum absolute atomic E-state index is 0.0472. The number of anilines is 1. The summed E-state index contributed by atoms with van der Waals surface area (Å²) in [6, 6.07) is 9.52. The Morgan fingerprint density at radius 2 is 1.68 bits per heavy atom. The molecule has 12 heteroatoms. The molecule has 0 fully saturated rings. The molecule has 2 amide bonds. The highest BCUT2D eigenvalue weighted by Crippen LogP contribution is 2.39. The number of halogens is 3. The summed E-state index contributed by atoms with van der Waals surface area (Å²) in [5.74, 6) is -1.40. The van der Waals surface area contributed by atoms with Crippen molar-refractivity contribution in [3.63, 3.8) is 0 Å². The second kappa shape index (κ2) is 11.7. The van der Waals surface area contributed by atoms with Gasteiger partial charge in [-0.3, -0.25) is 20.4 Å². The van der Waals surface area contributed by atoms with Crippen molar-refractivity contribution in [2.24, 2.45) is 0 Å². The molecule has 2 aromatic rings. The van der Waals surface area contributed by atoms with E-state index in [1.807, 2.05) is 39.9 Å². The quantitative estimate of drug-likeness (QED) is 0.232. The van der Waals surface area contributed by atoms with Crippen molar-refractivity contribution in [1.82, 2.24) is 10.9 Å². The topological polar surface area (TPSA) is 108 Å². The Bertz CT molecular complexity index is 1260. The smallest absolute Gasteiger partial charge is 0.407 e. The van der Waals surface area contributed by atoms with Crippen LogP contribution >= 0.6 is 0 Å². The molecule has 0 bridgehead atoms. The molecule has 2 atom stereocenters. The third-order valence-corrected chi connectivity index (χ3v) is 10.9. The lowest BCUT2D eigenvalue weighted by molar-refractivity contribution is -0.136.